The van der Waals surface area contributed by atoms with Crippen molar-refractivity contribution in [3.05, 3.63) is 107 Å². The summed E-state index contributed by atoms with van der Waals surface area (Å²) in [6, 6.07) is 26.6. The molecule has 10 heteroatoms. The molecule has 2 amide bonds. The van der Waals surface area contributed by atoms with Crippen LogP contribution in [0.25, 0.3) is 0 Å². The number of nitrogens with one attached hydrogen (secondary N) is 2. The number of carbonyl (C=O) groups is 2. The first-order valence-electron chi connectivity index (χ1n) is 16.8. The first-order chi connectivity index (χ1) is 23.0. The Bertz CT molecular complexity index is 1380. The highest BCUT2D eigenvalue weighted by Crippen LogP contribution is 2.38. The largest absolute Gasteiger partial charge is 0.392 e. The minimum atomic E-state index is -0.521. The zero-order valence-corrected chi connectivity index (χ0v) is 27.1. The number of hydrogen-bond donors (Lipinski definition) is 4. The summed E-state index contributed by atoms with van der Waals surface area (Å²) in [4.78, 5) is 28.4. The molecule has 0 bridgehead atoms. The quantitative estimate of drug-likeness (QED) is 0.108. The van der Waals surface area contributed by atoms with Crippen LogP contribution in [0.4, 0.5) is 0 Å². The predicted molar refractivity (Wildman–Crippen MR) is 178 cm³/mol. The highest BCUT2D eigenvalue weighted by atomic mass is 16.7. The van der Waals surface area contributed by atoms with Crippen molar-refractivity contribution >= 4 is 11.8 Å². The lowest BCUT2D eigenvalue weighted by molar-refractivity contribution is -0.253. The number of amides is 2. The molecular formula is C37H48N4O6. The first-order valence-corrected chi connectivity index (χ1v) is 16.8. The standard InChI is InChI=1S/C37H48N4O6/c42-27-30-13-15-31(16-14-30)34-23-33(26-41-21-19-40(20-22-41)25-29-7-3-1-4-8-29)46-37(47-34)32-17-11-28(12-18-32)24-38-35(43)9-5-2-6-10-36(44)39-45/h1,3-4,7-8,11-18,33-34,37,42,45H,2,5-6,9-10,19-27H2,(H,38,43)(H,39,44)/t33-,34+,37+/m1/s1. The summed E-state index contributed by atoms with van der Waals surface area (Å²) in [5.41, 5.74) is 6.83. The predicted octanol–water partition coefficient (Wildman–Crippen LogP) is 4.61. The van der Waals surface area contributed by atoms with Crippen molar-refractivity contribution in [2.75, 3.05) is 32.7 Å². The fourth-order valence-corrected chi connectivity index (χ4v) is 6.18. The number of carbonyl (C=O) groups excluding carboxylic acids is 2. The van der Waals surface area contributed by atoms with E-state index < -0.39 is 12.2 Å². The fourth-order valence-electron chi connectivity index (χ4n) is 6.18. The van der Waals surface area contributed by atoms with E-state index in [9.17, 15) is 14.7 Å². The van der Waals surface area contributed by atoms with Crippen LogP contribution in [0.2, 0.25) is 0 Å². The van der Waals surface area contributed by atoms with Crippen molar-refractivity contribution < 1.29 is 29.4 Å². The molecule has 2 aliphatic rings. The molecule has 2 saturated heterocycles. The van der Waals surface area contributed by atoms with Gasteiger partial charge in [-0.15, -0.1) is 0 Å². The highest BCUT2D eigenvalue weighted by Gasteiger charge is 2.33. The number of unbranched alkanes of at least 4 members (excludes halogenated alkanes) is 2. The van der Waals surface area contributed by atoms with Gasteiger partial charge in [0, 0.05) is 70.6 Å². The molecule has 4 N–H and O–H groups in total. The van der Waals surface area contributed by atoms with Crippen molar-refractivity contribution in [1.82, 2.24) is 20.6 Å². The second-order valence-corrected chi connectivity index (χ2v) is 12.5. The maximum Gasteiger partial charge on any atom is 0.243 e. The lowest BCUT2D eigenvalue weighted by Crippen LogP contribution is -2.49. The van der Waals surface area contributed by atoms with Crippen molar-refractivity contribution in [1.29, 1.82) is 0 Å². The molecule has 5 rings (SSSR count). The van der Waals surface area contributed by atoms with Crippen LogP contribution >= 0.6 is 0 Å². The van der Waals surface area contributed by atoms with Crippen LogP contribution < -0.4 is 10.8 Å². The second-order valence-electron chi connectivity index (χ2n) is 12.5. The molecule has 47 heavy (non-hydrogen) atoms. The van der Waals surface area contributed by atoms with Crippen molar-refractivity contribution in [3.63, 3.8) is 0 Å². The van der Waals surface area contributed by atoms with E-state index in [1.54, 1.807) is 5.48 Å². The van der Waals surface area contributed by atoms with Crippen LogP contribution in [0.15, 0.2) is 78.9 Å². The topological polar surface area (TPSA) is 124 Å². The fraction of sp³-hybridized carbons (Fsp3) is 0.459. The third kappa shape index (κ3) is 11.0. The summed E-state index contributed by atoms with van der Waals surface area (Å²) in [6.07, 6.45) is 2.80. The van der Waals surface area contributed by atoms with E-state index >= 15 is 0 Å². The molecule has 0 aromatic heterocycles. The van der Waals surface area contributed by atoms with Gasteiger partial charge in [0.1, 0.15) is 0 Å². The van der Waals surface area contributed by atoms with Crippen molar-refractivity contribution in [3.8, 4) is 0 Å². The first kappa shape index (κ1) is 34.7. The van der Waals surface area contributed by atoms with E-state index in [4.69, 9.17) is 14.7 Å². The van der Waals surface area contributed by atoms with Gasteiger partial charge in [-0.25, -0.2) is 5.48 Å². The average Bonchev–Trinajstić information content (AvgIpc) is 3.12. The number of hydrogen-bond acceptors (Lipinski definition) is 8. The van der Waals surface area contributed by atoms with Crippen LogP contribution in [0.3, 0.4) is 0 Å². The maximum absolute atomic E-state index is 12.3. The molecule has 0 aliphatic carbocycles. The molecule has 0 unspecified atom stereocenters. The minimum absolute atomic E-state index is 0.00562. The minimum Gasteiger partial charge on any atom is -0.392 e. The molecule has 2 aliphatic heterocycles. The Kier molecular flexibility index (Phi) is 13.3. The Hall–Kier alpha value is -3.64. The molecule has 2 fully saturated rings. The SMILES string of the molecule is O=C(CCCCCC(=O)NCc1ccc([C@H]2O[C@@H](CN3CCN(Cc4ccccc4)CC3)C[C@@H](c3ccc(CO)cc3)O2)cc1)NO. The summed E-state index contributed by atoms with van der Waals surface area (Å²) in [5, 5.41) is 21.0. The van der Waals surface area contributed by atoms with Gasteiger partial charge >= 0.3 is 0 Å². The van der Waals surface area contributed by atoms with Crippen LogP contribution in [0, 0.1) is 0 Å². The van der Waals surface area contributed by atoms with Crippen molar-refractivity contribution in [2.45, 2.75) is 76.7 Å². The Labute approximate surface area is 277 Å². The average molecular weight is 645 g/mol. The number of hydroxylamine groups is 1. The zero-order chi connectivity index (χ0) is 32.8. The molecule has 0 radical (unpaired) electrons. The smallest absolute Gasteiger partial charge is 0.243 e. The molecule has 10 nitrogen and oxygen atoms in total. The van der Waals surface area contributed by atoms with E-state index in [1.807, 2.05) is 48.5 Å². The number of piperazine rings is 1. The zero-order valence-electron chi connectivity index (χ0n) is 27.1. The normalized spacial score (nSPS) is 20.5. The summed E-state index contributed by atoms with van der Waals surface area (Å²) >= 11 is 0. The van der Waals surface area contributed by atoms with Crippen LogP contribution in [-0.2, 0) is 38.8 Å². The van der Waals surface area contributed by atoms with E-state index in [1.165, 1.54) is 5.56 Å². The van der Waals surface area contributed by atoms with E-state index in [0.717, 1.165) is 74.4 Å². The van der Waals surface area contributed by atoms with Gasteiger partial charge in [-0.3, -0.25) is 24.6 Å². The summed E-state index contributed by atoms with van der Waals surface area (Å²) in [6.45, 7) is 6.28. The second kappa shape index (κ2) is 18.1. The van der Waals surface area contributed by atoms with Crippen LogP contribution in [0.5, 0.6) is 0 Å². The Morgan fingerprint density at radius 2 is 1.36 bits per heavy atom. The molecular weight excluding hydrogens is 596 g/mol. The van der Waals surface area contributed by atoms with Crippen LogP contribution in [-0.4, -0.2) is 70.8 Å². The third-order valence-corrected chi connectivity index (χ3v) is 8.96. The maximum atomic E-state index is 12.3. The molecule has 252 valence electrons. The van der Waals surface area contributed by atoms with Gasteiger partial charge in [0.25, 0.3) is 0 Å². The lowest BCUT2D eigenvalue weighted by Gasteiger charge is -2.40. The lowest BCUT2D eigenvalue weighted by atomic mass is 9.99. The monoisotopic (exact) mass is 644 g/mol. The number of rotatable bonds is 15. The number of nitrogens with zero attached hydrogens (tertiary/aromatic N) is 2. The molecule has 3 aromatic rings. The van der Waals surface area contributed by atoms with E-state index in [2.05, 4.69) is 45.4 Å². The number of benzene rings is 3. The Balaban J connectivity index is 1.14. The van der Waals surface area contributed by atoms with Crippen LogP contribution in [0.1, 0.15) is 78.7 Å². The van der Waals surface area contributed by atoms with Gasteiger partial charge in [-0.1, -0.05) is 85.3 Å². The third-order valence-electron chi connectivity index (χ3n) is 8.96. The molecule has 3 aromatic carbocycles. The number of aliphatic hydroxyl groups excluding tert-OH is 1. The molecule has 2 heterocycles. The van der Waals surface area contributed by atoms with Gasteiger partial charge in [-0.2, -0.15) is 0 Å². The summed E-state index contributed by atoms with van der Waals surface area (Å²) in [5.74, 6) is -0.434. The van der Waals surface area contributed by atoms with Gasteiger partial charge < -0.3 is 19.9 Å². The van der Waals surface area contributed by atoms with Gasteiger partial charge in [-0.05, 0) is 35.1 Å². The van der Waals surface area contributed by atoms with E-state index in [-0.39, 0.29) is 31.1 Å². The Morgan fingerprint density at radius 3 is 2.04 bits per heavy atom. The molecule has 0 saturated carbocycles. The molecule has 0 spiro atoms. The van der Waals surface area contributed by atoms with E-state index in [0.29, 0.717) is 25.8 Å². The van der Waals surface area contributed by atoms with Gasteiger partial charge in [0.2, 0.25) is 11.8 Å². The summed E-state index contributed by atoms with van der Waals surface area (Å²) < 4.78 is 13.1. The number of ether oxygens (including phenoxy) is 2. The summed E-state index contributed by atoms with van der Waals surface area (Å²) in [7, 11) is 0. The van der Waals surface area contributed by atoms with Crippen molar-refractivity contribution in [2.24, 2.45) is 0 Å². The van der Waals surface area contributed by atoms with Gasteiger partial charge in [0.05, 0.1) is 18.8 Å². The molecule has 3 atom stereocenters. The highest BCUT2D eigenvalue weighted by molar-refractivity contribution is 5.76. The van der Waals surface area contributed by atoms with Gasteiger partial charge in [0.15, 0.2) is 6.29 Å². The Morgan fingerprint density at radius 1 is 0.723 bits per heavy atom. The number of aliphatic hydroxyl groups is 1.